The number of aromatic nitrogens is 1. The Morgan fingerprint density at radius 2 is 2.06 bits per heavy atom. The number of hydrogen-bond donors (Lipinski definition) is 0. The summed E-state index contributed by atoms with van der Waals surface area (Å²) in [7, 11) is 0. The molecule has 0 atom stereocenters. The van der Waals surface area contributed by atoms with Crippen molar-refractivity contribution in [2.45, 2.75) is 12.8 Å². The summed E-state index contributed by atoms with van der Waals surface area (Å²) in [5.41, 5.74) is 2.84. The van der Waals surface area contributed by atoms with Crippen molar-refractivity contribution in [1.82, 2.24) is 4.98 Å². The molecule has 1 aliphatic carbocycles. The summed E-state index contributed by atoms with van der Waals surface area (Å²) in [6.45, 7) is 4.06. The molecule has 2 aromatic rings. The van der Waals surface area contributed by atoms with Crippen LogP contribution in [0.4, 0.5) is 0 Å². The Balaban J connectivity index is 1.98. The van der Waals surface area contributed by atoms with Gasteiger partial charge >= 0.3 is 0 Å². The van der Waals surface area contributed by atoms with Gasteiger partial charge in [-0.3, -0.25) is 0 Å². The summed E-state index contributed by atoms with van der Waals surface area (Å²) in [6.07, 6.45) is 6.10. The van der Waals surface area contributed by atoms with Crippen LogP contribution >= 0.6 is 0 Å². The molecule has 0 amide bonds. The molecule has 0 fully saturated rings. The molecular weight excluding hydrogens is 210 g/mol. The van der Waals surface area contributed by atoms with E-state index in [0.717, 1.165) is 35.4 Å². The molecule has 84 valence electrons. The van der Waals surface area contributed by atoms with Crippen LogP contribution in [0.5, 0.6) is 0 Å². The molecule has 0 radical (unpaired) electrons. The van der Waals surface area contributed by atoms with E-state index in [-0.39, 0.29) is 0 Å². The van der Waals surface area contributed by atoms with E-state index in [1.54, 1.807) is 0 Å². The maximum Gasteiger partial charge on any atom is 0.226 e. The lowest BCUT2D eigenvalue weighted by molar-refractivity contribution is 0.491. The molecule has 1 heterocycles. The molecule has 0 aliphatic heterocycles. The lowest BCUT2D eigenvalue weighted by atomic mass is 10.1. The molecule has 1 aromatic carbocycles. The summed E-state index contributed by atoms with van der Waals surface area (Å²) in [4.78, 5) is 4.47. The van der Waals surface area contributed by atoms with E-state index < -0.39 is 0 Å². The monoisotopic (exact) mass is 223 g/mol. The molecule has 0 saturated carbocycles. The lowest BCUT2D eigenvalue weighted by Gasteiger charge is -2.00. The van der Waals surface area contributed by atoms with Crippen molar-refractivity contribution in [1.29, 1.82) is 0 Å². The van der Waals surface area contributed by atoms with Crippen LogP contribution in [0.2, 0.25) is 0 Å². The van der Waals surface area contributed by atoms with Gasteiger partial charge in [0.15, 0.2) is 0 Å². The number of benzene rings is 1. The second-order valence-electron chi connectivity index (χ2n) is 4.11. The van der Waals surface area contributed by atoms with Gasteiger partial charge in [0.2, 0.25) is 5.89 Å². The zero-order chi connectivity index (χ0) is 11.7. The van der Waals surface area contributed by atoms with Crippen LogP contribution in [0.3, 0.4) is 0 Å². The van der Waals surface area contributed by atoms with E-state index in [9.17, 15) is 0 Å². The van der Waals surface area contributed by atoms with E-state index in [2.05, 4.69) is 17.6 Å². The van der Waals surface area contributed by atoms with Crippen LogP contribution in [0, 0.1) is 0 Å². The molecular formula is C15H13NO. The number of rotatable bonds is 2. The van der Waals surface area contributed by atoms with Crippen molar-refractivity contribution < 1.29 is 4.42 Å². The predicted octanol–water partition coefficient (Wildman–Crippen LogP) is 3.70. The van der Waals surface area contributed by atoms with Crippen LogP contribution in [0.25, 0.3) is 11.6 Å². The highest BCUT2D eigenvalue weighted by Gasteiger charge is 2.15. The second kappa shape index (κ2) is 4.06. The summed E-state index contributed by atoms with van der Waals surface area (Å²) in [6, 6.07) is 10.00. The van der Waals surface area contributed by atoms with Gasteiger partial charge in [-0.15, -0.1) is 0 Å². The minimum atomic E-state index is 0.632. The number of aryl methyl sites for hydroxylation is 1. The normalized spacial score (nSPS) is 13.4. The molecule has 3 rings (SSSR count). The fraction of sp³-hybridized carbons (Fsp3) is 0.133. The maximum absolute atomic E-state index is 5.76. The van der Waals surface area contributed by atoms with E-state index in [1.165, 1.54) is 0 Å². The number of nitrogens with zero attached hydrogens (tertiary/aromatic N) is 1. The third-order valence-corrected chi connectivity index (χ3v) is 2.92. The molecule has 1 aliphatic rings. The van der Waals surface area contributed by atoms with E-state index in [1.807, 2.05) is 36.4 Å². The van der Waals surface area contributed by atoms with Crippen LogP contribution in [-0.4, -0.2) is 4.98 Å². The predicted molar refractivity (Wildman–Crippen MR) is 68.4 cm³/mol. The number of hydrogen-bond acceptors (Lipinski definition) is 2. The molecule has 0 unspecified atom stereocenters. The van der Waals surface area contributed by atoms with Crippen molar-refractivity contribution in [3.8, 4) is 0 Å². The molecule has 0 N–H and O–H groups in total. The highest BCUT2D eigenvalue weighted by atomic mass is 16.4. The van der Waals surface area contributed by atoms with Crippen LogP contribution in [0.15, 0.2) is 47.4 Å². The Labute approximate surface area is 100 Å². The van der Waals surface area contributed by atoms with Gasteiger partial charge in [0, 0.05) is 12.0 Å². The highest BCUT2D eigenvalue weighted by Crippen LogP contribution is 2.26. The lowest BCUT2D eigenvalue weighted by Crippen LogP contribution is -1.89. The van der Waals surface area contributed by atoms with Crippen molar-refractivity contribution in [2.24, 2.45) is 0 Å². The van der Waals surface area contributed by atoms with Crippen LogP contribution in [0.1, 0.15) is 29.3 Å². The SMILES string of the molecule is C=C(c1ccccc1)c1nc2c(o1)CCC=C2. The van der Waals surface area contributed by atoms with Gasteiger partial charge in [-0.05, 0) is 18.1 Å². The van der Waals surface area contributed by atoms with Gasteiger partial charge < -0.3 is 4.42 Å². The minimum absolute atomic E-state index is 0.632. The molecule has 2 nitrogen and oxygen atoms in total. The first-order valence-corrected chi connectivity index (χ1v) is 5.75. The Hall–Kier alpha value is -2.09. The smallest absolute Gasteiger partial charge is 0.226 e. The van der Waals surface area contributed by atoms with Gasteiger partial charge in [-0.25, -0.2) is 4.98 Å². The maximum atomic E-state index is 5.76. The van der Waals surface area contributed by atoms with Crippen LogP contribution < -0.4 is 0 Å². The summed E-state index contributed by atoms with van der Waals surface area (Å²) in [5.74, 6) is 1.60. The summed E-state index contributed by atoms with van der Waals surface area (Å²) < 4.78 is 5.76. The molecule has 1 aromatic heterocycles. The van der Waals surface area contributed by atoms with Gasteiger partial charge in [0.1, 0.15) is 11.5 Å². The van der Waals surface area contributed by atoms with E-state index in [0.29, 0.717) is 5.89 Å². The first-order chi connectivity index (χ1) is 8.34. The Bertz CT molecular complexity index is 578. The Morgan fingerprint density at radius 1 is 1.24 bits per heavy atom. The Morgan fingerprint density at radius 3 is 2.82 bits per heavy atom. The zero-order valence-corrected chi connectivity index (χ0v) is 9.52. The quantitative estimate of drug-likeness (QED) is 0.776. The average molecular weight is 223 g/mol. The second-order valence-corrected chi connectivity index (χ2v) is 4.11. The van der Waals surface area contributed by atoms with Gasteiger partial charge in [0.25, 0.3) is 0 Å². The van der Waals surface area contributed by atoms with Crippen molar-refractivity contribution in [3.63, 3.8) is 0 Å². The molecule has 0 bridgehead atoms. The number of fused-ring (bicyclic) bond motifs is 1. The van der Waals surface area contributed by atoms with Crippen LogP contribution in [-0.2, 0) is 6.42 Å². The van der Waals surface area contributed by atoms with E-state index in [4.69, 9.17) is 4.42 Å². The number of oxazole rings is 1. The molecule has 0 saturated heterocycles. The first-order valence-electron chi connectivity index (χ1n) is 5.75. The fourth-order valence-electron chi connectivity index (χ4n) is 1.97. The molecule has 0 spiro atoms. The molecule has 2 heteroatoms. The third kappa shape index (κ3) is 1.82. The fourth-order valence-corrected chi connectivity index (χ4v) is 1.97. The molecule has 17 heavy (non-hydrogen) atoms. The topological polar surface area (TPSA) is 26.0 Å². The third-order valence-electron chi connectivity index (χ3n) is 2.92. The van der Waals surface area contributed by atoms with Gasteiger partial charge in [0.05, 0.1) is 0 Å². The average Bonchev–Trinajstić information content (AvgIpc) is 2.82. The van der Waals surface area contributed by atoms with Crippen molar-refractivity contribution in [3.05, 3.63) is 65.9 Å². The standard InChI is InChI=1S/C15H13NO/c1-11(12-7-3-2-4-8-12)15-16-13-9-5-6-10-14(13)17-15/h2-5,7-9H,1,6,10H2. The highest BCUT2D eigenvalue weighted by molar-refractivity contribution is 5.74. The number of allylic oxidation sites excluding steroid dienone is 1. The van der Waals surface area contributed by atoms with Gasteiger partial charge in [-0.1, -0.05) is 43.0 Å². The first kappa shape index (κ1) is 10.1. The van der Waals surface area contributed by atoms with E-state index >= 15 is 0 Å². The Kier molecular flexibility index (Phi) is 2.41. The minimum Gasteiger partial charge on any atom is -0.441 e. The van der Waals surface area contributed by atoms with Gasteiger partial charge in [-0.2, -0.15) is 0 Å². The summed E-state index contributed by atoms with van der Waals surface area (Å²) in [5, 5.41) is 0. The zero-order valence-electron chi connectivity index (χ0n) is 9.52. The summed E-state index contributed by atoms with van der Waals surface area (Å²) >= 11 is 0. The van der Waals surface area contributed by atoms with Crippen molar-refractivity contribution in [2.75, 3.05) is 0 Å². The largest absolute Gasteiger partial charge is 0.441 e. The van der Waals surface area contributed by atoms with Crippen molar-refractivity contribution >= 4 is 11.6 Å².